The predicted molar refractivity (Wildman–Crippen MR) is 125 cm³/mol. The molecule has 4 rings (SSSR count). The highest BCUT2D eigenvalue weighted by Gasteiger charge is 2.35. The molecule has 33 heavy (non-hydrogen) atoms. The molecular weight excluding hydrogens is 442 g/mol. The third-order valence-electron chi connectivity index (χ3n) is 6.89. The van der Waals surface area contributed by atoms with Crippen LogP contribution in [0.1, 0.15) is 63.9 Å². The Morgan fingerprint density at radius 1 is 1.21 bits per heavy atom. The minimum Gasteiger partial charge on any atom is -0.322 e. The van der Waals surface area contributed by atoms with E-state index >= 15 is 0 Å². The van der Waals surface area contributed by atoms with Crippen molar-refractivity contribution in [2.24, 2.45) is 11.7 Å². The van der Waals surface area contributed by atoms with Gasteiger partial charge in [-0.15, -0.1) is 5.10 Å². The van der Waals surface area contributed by atoms with Crippen molar-refractivity contribution >= 4 is 23.5 Å². The van der Waals surface area contributed by atoms with Crippen LogP contribution < -0.4 is 5.73 Å². The summed E-state index contributed by atoms with van der Waals surface area (Å²) in [5.74, 6) is 0.0932. The van der Waals surface area contributed by atoms with Crippen molar-refractivity contribution < 1.29 is 9.59 Å². The number of aromatic nitrogens is 4. The van der Waals surface area contributed by atoms with Crippen LogP contribution in [0.2, 0.25) is 5.02 Å². The van der Waals surface area contributed by atoms with Gasteiger partial charge >= 0.3 is 6.03 Å². The molecule has 2 atom stereocenters. The number of rotatable bonds is 6. The Morgan fingerprint density at radius 3 is 2.67 bits per heavy atom. The number of hydrogen-bond acceptors (Lipinski definition) is 6. The summed E-state index contributed by atoms with van der Waals surface area (Å²) in [6.07, 6.45) is 9.71. The molecule has 1 saturated heterocycles. The van der Waals surface area contributed by atoms with Gasteiger partial charge in [0.1, 0.15) is 6.33 Å². The number of amides is 3. The molecule has 3 amide bonds. The van der Waals surface area contributed by atoms with Gasteiger partial charge in [-0.2, -0.15) is 0 Å². The average Bonchev–Trinajstić information content (AvgIpc) is 3.49. The summed E-state index contributed by atoms with van der Waals surface area (Å²) in [6, 6.07) is 4.32. The van der Waals surface area contributed by atoms with Gasteiger partial charge in [-0.05, 0) is 66.3 Å². The van der Waals surface area contributed by atoms with Gasteiger partial charge in [0.25, 0.3) is 0 Å². The highest BCUT2D eigenvalue weighted by atomic mass is 35.5. The number of benzene rings is 1. The zero-order valence-corrected chi connectivity index (χ0v) is 19.8. The fourth-order valence-electron chi connectivity index (χ4n) is 5.04. The zero-order chi connectivity index (χ0) is 23.4. The number of nitrogens with two attached hydrogens (primary N) is 1. The Labute approximate surface area is 199 Å². The molecule has 0 unspecified atom stereocenters. The minimum atomic E-state index is -0.717. The largest absolute Gasteiger partial charge is 0.327 e. The van der Waals surface area contributed by atoms with Crippen LogP contribution in [0.5, 0.6) is 0 Å². The van der Waals surface area contributed by atoms with E-state index in [1.54, 1.807) is 23.1 Å². The van der Waals surface area contributed by atoms with Gasteiger partial charge in [0.15, 0.2) is 0 Å². The molecule has 2 aromatic rings. The molecule has 1 saturated carbocycles. The number of nitrogens with zero attached hydrogens (tertiary/aromatic N) is 6. The molecule has 2 N–H and O–H groups in total. The molecule has 10 heteroatoms. The normalized spacial score (nSPS) is 20.1. The lowest BCUT2D eigenvalue weighted by molar-refractivity contribution is -0.131. The molecule has 0 bridgehead atoms. The summed E-state index contributed by atoms with van der Waals surface area (Å²) in [4.78, 5) is 30.2. The van der Waals surface area contributed by atoms with Crippen molar-refractivity contribution in [1.82, 2.24) is 30.0 Å². The van der Waals surface area contributed by atoms with Crippen molar-refractivity contribution in [3.8, 4) is 5.69 Å². The summed E-state index contributed by atoms with van der Waals surface area (Å²) >= 11 is 6.28. The van der Waals surface area contributed by atoms with E-state index in [4.69, 9.17) is 17.3 Å². The maximum atomic E-state index is 13.6. The molecule has 0 radical (unpaired) electrons. The quantitative estimate of drug-likeness (QED) is 0.686. The van der Waals surface area contributed by atoms with Crippen molar-refractivity contribution in [2.45, 2.75) is 76.9 Å². The van der Waals surface area contributed by atoms with Crippen LogP contribution in [0.25, 0.3) is 5.69 Å². The van der Waals surface area contributed by atoms with E-state index in [0.717, 1.165) is 25.7 Å². The SMILES string of the molecule is C[C@@H]1CCCN1C(=O)N(Cc1cc(Cl)ccc1-n1cnnn1)C(=O)[C@H](N)CC1CCCCC1. The van der Waals surface area contributed by atoms with E-state index in [0.29, 0.717) is 35.2 Å². The fraction of sp³-hybridized carbons (Fsp3) is 0.609. The van der Waals surface area contributed by atoms with E-state index in [9.17, 15) is 9.59 Å². The smallest absolute Gasteiger partial charge is 0.322 e. The van der Waals surface area contributed by atoms with Gasteiger partial charge in [0.05, 0.1) is 18.3 Å². The maximum Gasteiger partial charge on any atom is 0.327 e. The Morgan fingerprint density at radius 2 is 2.00 bits per heavy atom. The summed E-state index contributed by atoms with van der Waals surface area (Å²) in [6.45, 7) is 2.70. The first-order valence-corrected chi connectivity index (χ1v) is 12.2. The highest BCUT2D eigenvalue weighted by Crippen LogP contribution is 2.29. The Balaban J connectivity index is 1.61. The molecule has 2 heterocycles. The van der Waals surface area contributed by atoms with Crippen LogP contribution in [0, 0.1) is 5.92 Å². The average molecular weight is 474 g/mol. The van der Waals surface area contributed by atoms with E-state index in [1.807, 2.05) is 6.92 Å². The third-order valence-corrected chi connectivity index (χ3v) is 7.13. The lowest BCUT2D eigenvalue weighted by Crippen LogP contribution is -2.52. The zero-order valence-electron chi connectivity index (χ0n) is 19.1. The van der Waals surface area contributed by atoms with Crippen molar-refractivity contribution in [3.63, 3.8) is 0 Å². The Bertz CT molecular complexity index is 962. The monoisotopic (exact) mass is 473 g/mol. The van der Waals surface area contributed by atoms with Crippen LogP contribution in [0.15, 0.2) is 24.5 Å². The molecule has 9 nitrogen and oxygen atoms in total. The first kappa shape index (κ1) is 23.6. The third kappa shape index (κ3) is 5.52. The minimum absolute atomic E-state index is 0.0506. The molecule has 1 aliphatic heterocycles. The van der Waals surface area contributed by atoms with Crippen LogP contribution in [-0.2, 0) is 11.3 Å². The number of tetrazole rings is 1. The molecule has 178 valence electrons. The molecule has 1 aromatic heterocycles. The molecule has 2 fully saturated rings. The van der Waals surface area contributed by atoms with E-state index in [2.05, 4.69) is 15.5 Å². The lowest BCUT2D eigenvalue weighted by Gasteiger charge is -2.32. The van der Waals surface area contributed by atoms with Gasteiger partial charge < -0.3 is 10.6 Å². The topological polar surface area (TPSA) is 110 Å². The summed E-state index contributed by atoms with van der Waals surface area (Å²) in [5.41, 5.74) is 7.74. The van der Waals surface area contributed by atoms with Crippen LogP contribution in [-0.4, -0.2) is 60.6 Å². The van der Waals surface area contributed by atoms with E-state index in [-0.39, 0.29) is 24.5 Å². The first-order chi connectivity index (χ1) is 15.9. The second kappa shape index (κ2) is 10.6. The highest BCUT2D eigenvalue weighted by molar-refractivity contribution is 6.30. The van der Waals surface area contributed by atoms with Crippen molar-refractivity contribution in [2.75, 3.05) is 6.54 Å². The van der Waals surface area contributed by atoms with Crippen LogP contribution in [0.3, 0.4) is 0 Å². The molecule has 1 aliphatic carbocycles. The molecule has 2 aliphatic rings. The van der Waals surface area contributed by atoms with Crippen molar-refractivity contribution in [3.05, 3.63) is 35.1 Å². The van der Waals surface area contributed by atoms with Crippen molar-refractivity contribution in [1.29, 1.82) is 0 Å². The Hall–Kier alpha value is -2.52. The van der Waals surface area contributed by atoms with Gasteiger partial charge in [0.2, 0.25) is 5.91 Å². The number of hydrogen-bond donors (Lipinski definition) is 1. The summed E-state index contributed by atoms with van der Waals surface area (Å²) in [7, 11) is 0. The van der Waals surface area contributed by atoms with Crippen LogP contribution >= 0.6 is 11.6 Å². The summed E-state index contributed by atoms with van der Waals surface area (Å²) < 4.78 is 1.50. The Kier molecular flexibility index (Phi) is 7.60. The standard InChI is InChI=1S/C23H32ClN7O2/c1-16-6-5-11-29(16)23(33)30(22(32)20(25)12-17-7-3-2-4-8-17)14-18-13-19(24)9-10-21(18)31-15-26-27-28-31/h9-10,13,15-17,20H,2-8,11-12,14,25H2,1H3/t16-,20-/m1/s1. The van der Waals surface area contributed by atoms with Gasteiger partial charge in [-0.1, -0.05) is 43.7 Å². The van der Waals surface area contributed by atoms with Gasteiger partial charge in [-0.25, -0.2) is 9.48 Å². The number of urea groups is 1. The maximum absolute atomic E-state index is 13.6. The first-order valence-electron chi connectivity index (χ1n) is 11.8. The molecule has 0 spiro atoms. The fourth-order valence-corrected chi connectivity index (χ4v) is 5.24. The molecule has 1 aromatic carbocycles. The number of halogens is 1. The van der Waals surface area contributed by atoms with E-state index < -0.39 is 6.04 Å². The van der Waals surface area contributed by atoms with Crippen LogP contribution in [0.4, 0.5) is 4.79 Å². The second-order valence-corrected chi connectivity index (χ2v) is 9.70. The number of carbonyl (C=O) groups is 2. The second-order valence-electron chi connectivity index (χ2n) is 9.27. The lowest BCUT2D eigenvalue weighted by atomic mass is 9.85. The van der Waals surface area contributed by atoms with Gasteiger partial charge in [-0.3, -0.25) is 9.69 Å². The number of imide groups is 1. The van der Waals surface area contributed by atoms with Gasteiger partial charge in [0, 0.05) is 17.6 Å². The van der Waals surface area contributed by atoms with E-state index in [1.165, 1.54) is 35.2 Å². The molecular formula is C23H32ClN7O2. The predicted octanol–water partition coefficient (Wildman–Crippen LogP) is 3.55. The summed E-state index contributed by atoms with van der Waals surface area (Å²) in [5, 5.41) is 11.9. The number of carbonyl (C=O) groups excluding carboxylic acids is 2. The number of likely N-dealkylation sites (tertiary alicyclic amines) is 1.